The number of methoxy groups -OCH3 is 1. The smallest absolute Gasteiger partial charge is 0.411 e. The molecule has 3 amide bonds. The number of anilines is 1. The van der Waals surface area contributed by atoms with Crippen molar-refractivity contribution in [1.82, 2.24) is 40.6 Å². The zero-order valence-electron chi connectivity index (χ0n) is 25.1. The molecule has 4 aromatic rings. The minimum absolute atomic E-state index is 0.0167. The van der Waals surface area contributed by atoms with Gasteiger partial charge in [-0.15, -0.1) is 5.10 Å². The highest BCUT2D eigenvalue weighted by molar-refractivity contribution is 14.1. The predicted molar refractivity (Wildman–Crippen MR) is 178 cm³/mol. The summed E-state index contributed by atoms with van der Waals surface area (Å²) in [7, 11) is 1.27. The fourth-order valence-electron chi connectivity index (χ4n) is 5.39. The highest BCUT2D eigenvalue weighted by Crippen LogP contribution is 2.29. The lowest BCUT2D eigenvalue weighted by Gasteiger charge is -2.33. The first-order valence-electron chi connectivity index (χ1n) is 14.5. The van der Waals surface area contributed by atoms with E-state index in [0.717, 1.165) is 24.0 Å². The van der Waals surface area contributed by atoms with Crippen molar-refractivity contribution in [1.29, 1.82) is 0 Å². The maximum atomic E-state index is 13.4. The van der Waals surface area contributed by atoms with Crippen LogP contribution >= 0.6 is 22.6 Å². The van der Waals surface area contributed by atoms with Crippen LogP contribution in [-0.2, 0) is 9.53 Å². The van der Waals surface area contributed by atoms with Gasteiger partial charge in [-0.2, -0.15) is 9.78 Å². The maximum absolute atomic E-state index is 13.4. The van der Waals surface area contributed by atoms with Crippen molar-refractivity contribution in [3.8, 4) is 16.8 Å². The topological polar surface area (TPSA) is 177 Å². The van der Waals surface area contributed by atoms with Crippen molar-refractivity contribution in [2.24, 2.45) is 5.92 Å². The number of tetrazole rings is 1. The summed E-state index contributed by atoms with van der Waals surface area (Å²) in [6, 6.07) is 13.5. The highest BCUT2D eigenvalue weighted by Gasteiger charge is 2.27. The molecule has 0 spiro atoms. The maximum Gasteiger partial charge on any atom is 0.411 e. The second-order valence-electron chi connectivity index (χ2n) is 10.9. The van der Waals surface area contributed by atoms with Crippen LogP contribution in [0.25, 0.3) is 22.9 Å². The summed E-state index contributed by atoms with van der Waals surface area (Å²) in [6.07, 6.45) is 6.24. The largest absolute Gasteiger partial charge is 0.453 e. The molecular weight excluding hydrogens is 705 g/mol. The van der Waals surface area contributed by atoms with Gasteiger partial charge >= 0.3 is 6.09 Å². The quantitative estimate of drug-likeness (QED) is 0.0971. The fraction of sp³-hybridized carbons (Fsp3) is 0.290. The molecule has 46 heavy (non-hydrogen) atoms. The van der Waals surface area contributed by atoms with Crippen LogP contribution in [0, 0.1) is 12.8 Å². The lowest BCUT2D eigenvalue weighted by atomic mass is 9.90. The van der Waals surface area contributed by atoms with Crippen LogP contribution in [0.15, 0.2) is 65.7 Å². The van der Waals surface area contributed by atoms with Gasteiger partial charge in [0, 0.05) is 53.0 Å². The number of ether oxygens (including phenoxy) is 1. The standard InChI is InChI=1S/C31H32IN9O5/c1-19-5-11-27(41-18-33-38-39-41)22(14-19)8-12-28(42)35-25(15-20-4-3-13-40(17-20)30(32)44)26-16-24(29(43)37-36-26)21-6-9-23(10-7-21)34-31(45)46-2/h5-12,14,16,18,20,25H,3-4,13,15,17H2,1-2H3,(H,34,45)(H,35,42)(H,37,43)/b12-8+/t20?,25-/m0/s1. The first-order valence-corrected chi connectivity index (χ1v) is 15.6. The monoisotopic (exact) mass is 737 g/mol. The number of hydrogen-bond acceptors (Lipinski definition) is 9. The molecule has 14 nitrogen and oxygen atoms in total. The van der Waals surface area contributed by atoms with Crippen LogP contribution < -0.4 is 16.2 Å². The molecule has 0 radical (unpaired) electrons. The van der Waals surface area contributed by atoms with Gasteiger partial charge in [-0.25, -0.2) is 9.89 Å². The number of carbonyl (C=O) groups is 3. The van der Waals surface area contributed by atoms with Crippen molar-refractivity contribution in [3.05, 3.63) is 88.1 Å². The van der Waals surface area contributed by atoms with Crippen LogP contribution in [0.5, 0.6) is 0 Å². The fourth-order valence-corrected chi connectivity index (χ4v) is 5.83. The number of aryl methyl sites for hydroxylation is 1. The van der Waals surface area contributed by atoms with Crippen LogP contribution in [0.4, 0.5) is 15.3 Å². The average Bonchev–Trinajstić information content (AvgIpc) is 3.59. The summed E-state index contributed by atoms with van der Waals surface area (Å²) < 4.78 is 6.13. The molecule has 1 unspecified atom stereocenters. The molecule has 0 saturated carbocycles. The van der Waals surface area contributed by atoms with E-state index < -0.39 is 17.7 Å². The molecule has 1 saturated heterocycles. The van der Waals surface area contributed by atoms with Crippen molar-refractivity contribution in [3.63, 3.8) is 0 Å². The van der Waals surface area contributed by atoms with Gasteiger partial charge in [0.05, 0.1) is 30.1 Å². The van der Waals surface area contributed by atoms with Gasteiger partial charge in [-0.05, 0) is 84.5 Å². The number of hydrogen-bond donors (Lipinski definition) is 3. The molecule has 2 atom stereocenters. The second kappa shape index (κ2) is 14.9. The Labute approximate surface area is 277 Å². The van der Waals surface area contributed by atoms with Gasteiger partial charge in [-0.3, -0.25) is 19.7 Å². The van der Waals surface area contributed by atoms with Gasteiger partial charge in [0.15, 0.2) is 0 Å². The molecule has 2 aromatic heterocycles. The first kappa shape index (κ1) is 32.5. The summed E-state index contributed by atoms with van der Waals surface area (Å²) >= 11 is 1.80. The number of nitrogens with zero attached hydrogens (tertiary/aromatic N) is 6. The third kappa shape index (κ3) is 8.21. The number of carbonyl (C=O) groups excluding carboxylic acids is 3. The van der Waals surface area contributed by atoms with E-state index in [1.807, 2.05) is 25.1 Å². The van der Waals surface area contributed by atoms with Gasteiger partial charge in [0.25, 0.3) is 9.47 Å². The summed E-state index contributed by atoms with van der Waals surface area (Å²) in [5.41, 5.74) is 3.97. The van der Waals surface area contributed by atoms with E-state index in [1.165, 1.54) is 24.2 Å². The van der Waals surface area contributed by atoms with Crippen molar-refractivity contribution in [2.45, 2.75) is 32.2 Å². The third-order valence-corrected chi connectivity index (χ3v) is 8.34. The SMILES string of the molecule is COC(=O)Nc1ccc(-c2cc([C@H](CC3CCCN(C(=O)I)C3)NC(=O)/C=C/c3cc(C)ccc3-n3cnnn3)n[nH]c2=O)cc1. The number of nitrogens with one attached hydrogen (secondary N) is 3. The lowest BCUT2D eigenvalue weighted by molar-refractivity contribution is -0.117. The number of aromatic nitrogens is 6. The molecule has 15 heteroatoms. The molecule has 1 aliphatic heterocycles. The van der Waals surface area contributed by atoms with Gasteiger partial charge in [-0.1, -0.05) is 23.8 Å². The van der Waals surface area contributed by atoms with E-state index in [-0.39, 0.29) is 15.7 Å². The molecule has 2 aromatic carbocycles. The van der Waals surface area contributed by atoms with Crippen LogP contribution in [-0.4, -0.2) is 71.4 Å². The van der Waals surface area contributed by atoms with Crippen molar-refractivity contribution >= 4 is 50.3 Å². The van der Waals surface area contributed by atoms with Gasteiger partial charge < -0.3 is 15.0 Å². The van der Waals surface area contributed by atoms with E-state index in [4.69, 9.17) is 0 Å². The molecule has 1 aliphatic rings. The summed E-state index contributed by atoms with van der Waals surface area (Å²) in [5.74, 6) is -0.259. The number of likely N-dealkylation sites (tertiary alicyclic amines) is 1. The molecular formula is C31H32IN9O5. The Morgan fingerprint density at radius 1 is 1.17 bits per heavy atom. The third-order valence-electron chi connectivity index (χ3n) is 7.65. The molecule has 0 bridgehead atoms. The Bertz CT molecular complexity index is 1790. The Morgan fingerprint density at radius 3 is 2.70 bits per heavy atom. The number of rotatable bonds is 9. The van der Waals surface area contributed by atoms with E-state index in [9.17, 15) is 19.2 Å². The van der Waals surface area contributed by atoms with Crippen molar-refractivity contribution < 1.29 is 19.1 Å². The Hall–Kier alpha value is -4.93. The first-order chi connectivity index (χ1) is 22.2. The normalized spacial score (nSPS) is 15.4. The highest BCUT2D eigenvalue weighted by atomic mass is 127. The zero-order chi connectivity index (χ0) is 32.6. The predicted octanol–water partition coefficient (Wildman–Crippen LogP) is 4.43. The summed E-state index contributed by atoms with van der Waals surface area (Å²) in [4.78, 5) is 51.8. The molecule has 238 valence electrons. The minimum atomic E-state index is -0.607. The molecule has 3 N–H and O–H groups in total. The Morgan fingerprint density at radius 2 is 1.98 bits per heavy atom. The van der Waals surface area contributed by atoms with Gasteiger partial charge in [0.1, 0.15) is 6.33 Å². The number of amides is 3. The zero-order valence-corrected chi connectivity index (χ0v) is 27.3. The average molecular weight is 738 g/mol. The number of halogens is 1. The van der Waals surface area contributed by atoms with Crippen molar-refractivity contribution in [2.75, 3.05) is 25.5 Å². The number of piperidine rings is 1. The molecule has 5 rings (SSSR count). The van der Waals surface area contributed by atoms with Crippen LogP contribution in [0.2, 0.25) is 0 Å². The molecule has 1 fully saturated rings. The number of H-pyrrole nitrogens is 1. The summed E-state index contributed by atoms with van der Waals surface area (Å²) in [5, 5.41) is 23.9. The minimum Gasteiger partial charge on any atom is -0.453 e. The van der Waals surface area contributed by atoms with E-state index >= 15 is 0 Å². The Kier molecular flexibility index (Phi) is 10.5. The molecule has 3 heterocycles. The van der Waals surface area contributed by atoms with Gasteiger partial charge in [0.2, 0.25) is 5.91 Å². The number of aromatic amines is 1. The lowest BCUT2D eigenvalue weighted by Crippen LogP contribution is -2.39. The summed E-state index contributed by atoms with van der Waals surface area (Å²) in [6.45, 7) is 3.21. The van der Waals surface area contributed by atoms with Crippen LogP contribution in [0.3, 0.4) is 0 Å². The number of benzene rings is 2. The molecule has 0 aliphatic carbocycles. The van der Waals surface area contributed by atoms with E-state index in [1.54, 1.807) is 63.9 Å². The Balaban J connectivity index is 1.42. The van der Waals surface area contributed by atoms with E-state index in [2.05, 4.69) is 41.1 Å². The van der Waals surface area contributed by atoms with Crippen LogP contribution in [0.1, 0.15) is 42.1 Å². The van der Waals surface area contributed by atoms with E-state index in [0.29, 0.717) is 47.7 Å². The second-order valence-corrected chi connectivity index (χ2v) is 11.8.